The Morgan fingerprint density at radius 3 is 2.47 bits per heavy atom. The molecule has 2 atom stereocenters. The molecule has 0 aliphatic carbocycles. The minimum absolute atomic E-state index is 0.00551. The van der Waals surface area contributed by atoms with Gasteiger partial charge in [-0.3, -0.25) is 4.98 Å². The van der Waals surface area contributed by atoms with Gasteiger partial charge in [0.15, 0.2) is 9.84 Å². The summed E-state index contributed by atoms with van der Waals surface area (Å²) < 4.78 is 110. The molecule has 13 heteroatoms. The Bertz CT molecular complexity index is 1110. The maximum absolute atomic E-state index is 13.3. The topological polar surface area (TPSA) is 65.5 Å². The van der Waals surface area contributed by atoms with Crippen molar-refractivity contribution in [3.8, 4) is 5.75 Å². The summed E-state index contributed by atoms with van der Waals surface area (Å²) in [6.45, 7) is 1.30. The molecule has 0 radical (unpaired) electrons. The van der Waals surface area contributed by atoms with Gasteiger partial charge in [-0.2, -0.15) is 13.2 Å². The zero-order chi connectivity index (χ0) is 23.9. The molecule has 1 fully saturated rings. The highest BCUT2D eigenvalue weighted by Gasteiger charge is 2.46. The second-order valence-electron chi connectivity index (χ2n) is 7.38. The molecule has 0 saturated carbocycles. The first-order chi connectivity index (χ1) is 14.6. The van der Waals surface area contributed by atoms with E-state index in [9.17, 15) is 34.8 Å². The lowest BCUT2D eigenvalue weighted by atomic mass is 9.94. The third kappa shape index (κ3) is 5.12. The monoisotopic (exact) mass is 503 g/mol. The van der Waals surface area contributed by atoms with Gasteiger partial charge in [-0.15, -0.1) is 13.2 Å². The predicted octanol–water partition coefficient (Wildman–Crippen LogP) is 5.74. The Morgan fingerprint density at radius 1 is 1.19 bits per heavy atom. The largest absolute Gasteiger partial charge is 0.573 e. The lowest BCUT2D eigenvalue weighted by Crippen LogP contribution is -2.42. The molecule has 0 amide bonds. The van der Waals surface area contributed by atoms with Crippen molar-refractivity contribution in [3.63, 3.8) is 0 Å². The number of ether oxygens (including phenoxy) is 2. The molecule has 2 unspecified atom stereocenters. The van der Waals surface area contributed by atoms with E-state index >= 15 is 0 Å². The number of rotatable bonds is 4. The SMILES string of the molecule is CC1(S(=O)(=O)c2cccc(OC(F)(F)F)c2)CCOC(c2ncc(C(F)(F)F)cc2Cl)C1. The number of aromatic nitrogens is 1. The Balaban J connectivity index is 1.91. The zero-order valence-corrected chi connectivity index (χ0v) is 17.9. The zero-order valence-electron chi connectivity index (χ0n) is 16.3. The Hall–Kier alpha value is -2.05. The number of hydrogen-bond donors (Lipinski definition) is 0. The molecule has 1 saturated heterocycles. The molecule has 1 aliphatic rings. The molecule has 2 aromatic rings. The van der Waals surface area contributed by atoms with Crippen LogP contribution in [0.15, 0.2) is 41.4 Å². The molecule has 2 heterocycles. The fourth-order valence-corrected chi connectivity index (χ4v) is 5.46. The van der Waals surface area contributed by atoms with Gasteiger partial charge in [-0.05, 0) is 44.0 Å². The molecule has 5 nitrogen and oxygen atoms in total. The quantitative estimate of drug-likeness (QED) is 0.498. The van der Waals surface area contributed by atoms with Crippen LogP contribution in [0.3, 0.4) is 0 Å². The number of halogens is 7. The number of hydrogen-bond acceptors (Lipinski definition) is 5. The van der Waals surface area contributed by atoms with Crippen molar-refractivity contribution in [2.45, 2.75) is 48.1 Å². The van der Waals surface area contributed by atoms with Crippen molar-refractivity contribution < 1.29 is 44.2 Å². The molecular weight excluding hydrogens is 488 g/mol. The standard InChI is InChI=1S/C19H16ClF6NO4S/c1-17(32(28,29)13-4-2-3-12(8-13)31-19(24,25)26)5-6-30-15(9-17)16-14(20)7-11(10-27-16)18(21,22)23/h2-4,7-8,10,15H,5-6,9H2,1H3. The van der Waals surface area contributed by atoms with Crippen LogP contribution in [0.1, 0.15) is 37.1 Å². The number of sulfone groups is 1. The van der Waals surface area contributed by atoms with Crippen LogP contribution in [0.4, 0.5) is 26.3 Å². The highest BCUT2D eigenvalue weighted by molar-refractivity contribution is 7.92. The minimum Gasteiger partial charge on any atom is -0.406 e. The van der Waals surface area contributed by atoms with Gasteiger partial charge < -0.3 is 9.47 Å². The van der Waals surface area contributed by atoms with E-state index in [1.54, 1.807) is 0 Å². The van der Waals surface area contributed by atoms with Crippen LogP contribution in [0.25, 0.3) is 0 Å². The number of alkyl halides is 6. The Morgan fingerprint density at radius 2 is 1.88 bits per heavy atom. The summed E-state index contributed by atoms with van der Waals surface area (Å²) in [5.74, 6) is -0.696. The molecule has 0 spiro atoms. The first kappa shape index (κ1) is 24.6. The van der Waals surface area contributed by atoms with E-state index in [0.717, 1.165) is 24.3 Å². The smallest absolute Gasteiger partial charge is 0.406 e. The van der Waals surface area contributed by atoms with E-state index in [4.69, 9.17) is 16.3 Å². The second kappa shape index (κ2) is 8.38. The molecule has 1 aromatic carbocycles. The molecule has 0 bridgehead atoms. The summed E-state index contributed by atoms with van der Waals surface area (Å²) in [5.41, 5.74) is -1.13. The van der Waals surface area contributed by atoms with Crippen LogP contribution in [0.2, 0.25) is 5.02 Å². The van der Waals surface area contributed by atoms with Gasteiger partial charge in [-0.1, -0.05) is 17.7 Å². The summed E-state index contributed by atoms with van der Waals surface area (Å²) in [4.78, 5) is 3.33. The minimum atomic E-state index is -5.00. The van der Waals surface area contributed by atoms with Crippen molar-refractivity contribution in [1.82, 2.24) is 4.98 Å². The summed E-state index contributed by atoms with van der Waals surface area (Å²) >= 11 is 5.96. The van der Waals surface area contributed by atoms with E-state index in [-0.39, 0.29) is 30.2 Å². The van der Waals surface area contributed by atoms with Crippen molar-refractivity contribution in [2.75, 3.05) is 6.61 Å². The normalized spacial score (nSPS) is 22.6. The fraction of sp³-hybridized carbons (Fsp3) is 0.421. The van der Waals surface area contributed by atoms with Crippen LogP contribution in [-0.2, 0) is 20.8 Å². The number of nitrogens with zero attached hydrogens (tertiary/aromatic N) is 1. The average Bonchev–Trinajstić information content (AvgIpc) is 2.66. The molecule has 32 heavy (non-hydrogen) atoms. The van der Waals surface area contributed by atoms with E-state index in [1.807, 2.05) is 0 Å². The fourth-order valence-electron chi connectivity index (χ4n) is 3.35. The van der Waals surface area contributed by atoms with Gasteiger partial charge >= 0.3 is 12.5 Å². The predicted molar refractivity (Wildman–Crippen MR) is 101 cm³/mol. The van der Waals surface area contributed by atoms with E-state index < -0.39 is 49.4 Å². The lowest BCUT2D eigenvalue weighted by molar-refractivity contribution is -0.274. The van der Waals surface area contributed by atoms with Crippen LogP contribution in [0.5, 0.6) is 5.75 Å². The number of pyridine rings is 1. The molecule has 1 aliphatic heterocycles. The molecule has 3 rings (SSSR count). The van der Waals surface area contributed by atoms with E-state index in [1.165, 1.54) is 6.92 Å². The summed E-state index contributed by atoms with van der Waals surface area (Å²) in [6.07, 6.45) is -10.4. The van der Waals surface area contributed by atoms with Crippen molar-refractivity contribution in [2.24, 2.45) is 0 Å². The van der Waals surface area contributed by atoms with Crippen molar-refractivity contribution in [1.29, 1.82) is 0 Å². The van der Waals surface area contributed by atoms with E-state index in [0.29, 0.717) is 12.3 Å². The maximum Gasteiger partial charge on any atom is 0.573 e. The highest BCUT2D eigenvalue weighted by Crippen LogP contribution is 2.44. The maximum atomic E-state index is 13.3. The first-order valence-electron chi connectivity index (χ1n) is 9.07. The third-order valence-electron chi connectivity index (χ3n) is 5.07. The van der Waals surface area contributed by atoms with Crippen LogP contribution < -0.4 is 4.74 Å². The lowest BCUT2D eigenvalue weighted by Gasteiger charge is -2.37. The molecular formula is C19H16ClF6NO4S. The van der Waals surface area contributed by atoms with Gasteiger partial charge in [0.25, 0.3) is 0 Å². The van der Waals surface area contributed by atoms with Gasteiger partial charge in [0.1, 0.15) is 11.9 Å². The van der Waals surface area contributed by atoms with Gasteiger partial charge in [0.05, 0.1) is 25.9 Å². The summed E-state index contributed by atoms with van der Waals surface area (Å²) in [7, 11) is -4.20. The van der Waals surface area contributed by atoms with Crippen molar-refractivity contribution >= 4 is 21.4 Å². The second-order valence-corrected chi connectivity index (χ2v) is 10.2. The average molecular weight is 504 g/mol. The van der Waals surface area contributed by atoms with Crippen molar-refractivity contribution in [3.05, 3.63) is 52.8 Å². The first-order valence-corrected chi connectivity index (χ1v) is 10.9. The molecule has 0 N–H and O–H groups in total. The summed E-state index contributed by atoms with van der Waals surface area (Å²) in [6, 6.07) is 4.65. The Kier molecular flexibility index (Phi) is 6.44. The van der Waals surface area contributed by atoms with Gasteiger partial charge in [0.2, 0.25) is 0 Å². The van der Waals surface area contributed by atoms with E-state index in [2.05, 4.69) is 9.72 Å². The van der Waals surface area contributed by atoms with Gasteiger partial charge in [0, 0.05) is 12.8 Å². The van der Waals surface area contributed by atoms with Crippen LogP contribution >= 0.6 is 11.6 Å². The van der Waals surface area contributed by atoms with Crippen LogP contribution in [-0.4, -0.2) is 31.1 Å². The molecule has 1 aromatic heterocycles. The molecule has 176 valence electrons. The Labute approximate surface area is 184 Å². The highest BCUT2D eigenvalue weighted by atomic mass is 35.5. The third-order valence-corrected chi connectivity index (χ3v) is 7.91. The number of benzene rings is 1. The van der Waals surface area contributed by atoms with Crippen LogP contribution in [0, 0.1) is 0 Å². The van der Waals surface area contributed by atoms with Gasteiger partial charge in [-0.25, -0.2) is 8.42 Å². The summed E-state index contributed by atoms with van der Waals surface area (Å²) in [5, 5.41) is -0.341.